The molecule has 0 N–H and O–H groups in total. The van der Waals surface area contributed by atoms with Crippen LogP contribution in [0.1, 0.15) is 0 Å². The highest BCUT2D eigenvalue weighted by Crippen LogP contribution is 2.31. The summed E-state index contributed by atoms with van der Waals surface area (Å²) in [5.41, 5.74) is 10.6. The first-order chi connectivity index (χ1) is 8.40. The highest BCUT2D eigenvalue weighted by molar-refractivity contribution is 6.04. The highest BCUT2D eigenvalue weighted by atomic mass is 15.1. The predicted octanol–water partition coefficient (Wildman–Crippen LogP) is 3.72. The second-order valence-corrected chi connectivity index (χ2v) is 3.54. The molecule has 0 saturated heterocycles. The number of fused-ring (bicyclic) bond motifs is 2. The molecule has 0 amide bonds. The van der Waals surface area contributed by atoms with Gasteiger partial charge in [-0.1, -0.05) is 23.3 Å². The molecule has 5 nitrogen and oxygen atoms in total. The Bertz CT molecular complexity index is 705. The third kappa shape index (κ3) is 1.46. The summed E-state index contributed by atoms with van der Waals surface area (Å²) >= 11 is 0. The van der Waals surface area contributed by atoms with Crippen molar-refractivity contribution in [2.24, 2.45) is 5.11 Å². The molecular formula is C12H7N5. The largest absolute Gasteiger partial charge is 0.237 e. The van der Waals surface area contributed by atoms with E-state index in [2.05, 4.69) is 20.0 Å². The molecule has 0 saturated carbocycles. The molecule has 0 fully saturated rings. The first kappa shape index (κ1) is 9.57. The molecule has 3 rings (SSSR count). The number of azide groups is 1. The van der Waals surface area contributed by atoms with Crippen molar-refractivity contribution in [1.29, 1.82) is 0 Å². The van der Waals surface area contributed by atoms with E-state index in [4.69, 9.17) is 5.53 Å². The maximum Gasteiger partial charge on any atom is 0.160 e. The van der Waals surface area contributed by atoms with E-state index in [0.717, 1.165) is 16.3 Å². The molecule has 0 spiro atoms. The lowest BCUT2D eigenvalue weighted by atomic mass is 10.1. The van der Waals surface area contributed by atoms with Crippen molar-refractivity contribution in [3.63, 3.8) is 0 Å². The van der Waals surface area contributed by atoms with E-state index in [1.165, 1.54) is 0 Å². The number of rotatable bonds is 1. The van der Waals surface area contributed by atoms with Gasteiger partial charge in [0.2, 0.25) is 0 Å². The Balaban J connectivity index is 2.60. The molecule has 0 unspecified atom stereocenters. The predicted molar refractivity (Wildman–Crippen MR) is 65.9 cm³/mol. The lowest BCUT2D eigenvalue weighted by Crippen LogP contribution is -1.86. The summed E-state index contributed by atoms with van der Waals surface area (Å²) in [6, 6.07) is 11.2. The quantitative estimate of drug-likeness (QED) is 0.272. The van der Waals surface area contributed by atoms with Crippen LogP contribution in [0.2, 0.25) is 0 Å². The third-order valence-electron chi connectivity index (χ3n) is 2.57. The van der Waals surface area contributed by atoms with Crippen LogP contribution < -0.4 is 0 Å². The van der Waals surface area contributed by atoms with Gasteiger partial charge in [0.05, 0.1) is 11.2 Å². The molecule has 0 aliphatic rings. The number of benzene rings is 1. The van der Waals surface area contributed by atoms with Gasteiger partial charge in [0.25, 0.3) is 0 Å². The molecule has 2 aromatic heterocycles. The van der Waals surface area contributed by atoms with Crippen LogP contribution >= 0.6 is 0 Å². The van der Waals surface area contributed by atoms with Gasteiger partial charge in [0.15, 0.2) is 5.65 Å². The second kappa shape index (κ2) is 3.73. The fourth-order valence-electron chi connectivity index (χ4n) is 1.85. The normalized spacial score (nSPS) is 10.4. The Kier molecular flexibility index (Phi) is 2.10. The molecule has 0 aliphatic carbocycles. The molecule has 17 heavy (non-hydrogen) atoms. The smallest absolute Gasteiger partial charge is 0.160 e. The van der Waals surface area contributed by atoms with Crippen molar-refractivity contribution in [3.8, 4) is 0 Å². The molecule has 5 heteroatoms. The fraction of sp³-hybridized carbons (Fsp3) is 0. The molecule has 0 bridgehead atoms. The fourth-order valence-corrected chi connectivity index (χ4v) is 1.85. The number of nitrogens with zero attached hydrogens (tertiary/aromatic N) is 5. The van der Waals surface area contributed by atoms with Crippen LogP contribution in [0, 0.1) is 0 Å². The van der Waals surface area contributed by atoms with E-state index in [1.807, 2.05) is 30.3 Å². The molecular weight excluding hydrogens is 214 g/mol. The van der Waals surface area contributed by atoms with E-state index < -0.39 is 0 Å². The number of hydrogen-bond donors (Lipinski definition) is 0. The summed E-state index contributed by atoms with van der Waals surface area (Å²) in [4.78, 5) is 11.5. The Labute approximate surface area is 96.4 Å². The second-order valence-electron chi connectivity index (χ2n) is 3.54. The van der Waals surface area contributed by atoms with Crippen molar-refractivity contribution < 1.29 is 0 Å². The molecule has 0 atom stereocenters. The SMILES string of the molecule is [N-]=[N+]=Nc1c2ccccc2nc2ncccc12. The number of hydrogen-bond acceptors (Lipinski definition) is 3. The summed E-state index contributed by atoms with van der Waals surface area (Å²) in [7, 11) is 0. The van der Waals surface area contributed by atoms with Crippen molar-refractivity contribution >= 4 is 27.6 Å². The standard InChI is InChI=1S/C12H7N5/c13-17-16-11-8-4-1-2-6-10(8)15-12-9(11)5-3-7-14-12/h1-7H. The lowest BCUT2D eigenvalue weighted by Gasteiger charge is -2.04. The van der Waals surface area contributed by atoms with Gasteiger partial charge < -0.3 is 0 Å². The number of aromatic nitrogens is 2. The summed E-state index contributed by atoms with van der Waals surface area (Å²) in [5.74, 6) is 0. The molecule has 2 heterocycles. The van der Waals surface area contributed by atoms with Crippen LogP contribution in [0.25, 0.3) is 32.4 Å². The minimum atomic E-state index is 0.584. The van der Waals surface area contributed by atoms with Gasteiger partial charge in [-0.2, -0.15) is 0 Å². The van der Waals surface area contributed by atoms with E-state index in [-0.39, 0.29) is 0 Å². The summed E-state index contributed by atoms with van der Waals surface area (Å²) in [6.07, 6.45) is 1.67. The first-order valence-corrected chi connectivity index (χ1v) is 5.09. The van der Waals surface area contributed by atoms with Gasteiger partial charge in [-0.15, -0.1) is 0 Å². The zero-order valence-electron chi connectivity index (χ0n) is 8.78. The Morgan fingerprint density at radius 2 is 1.88 bits per heavy atom. The van der Waals surface area contributed by atoms with Gasteiger partial charge in [0, 0.05) is 21.9 Å². The van der Waals surface area contributed by atoms with Crippen LogP contribution in [-0.4, -0.2) is 9.97 Å². The van der Waals surface area contributed by atoms with Gasteiger partial charge in [-0.3, -0.25) is 0 Å². The Morgan fingerprint density at radius 1 is 1.06 bits per heavy atom. The molecule has 0 radical (unpaired) electrons. The van der Waals surface area contributed by atoms with E-state index >= 15 is 0 Å². The lowest BCUT2D eigenvalue weighted by molar-refractivity contribution is 1.32. The van der Waals surface area contributed by atoms with Gasteiger partial charge >= 0.3 is 0 Å². The van der Waals surface area contributed by atoms with Crippen molar-refractivity contribution in [2.45, 2.75) is 0 Å². The summed E-state index contributed by atoms with van der Waals surface area (Å²) in [6.45, 7) is 0. The zero-order valence-corrected chi connectivity index (χ0v) is 8.78. The monoisotopic (exact) mass is 221 g/mol. The van der Waals surface area contributed by atoms with Crippen molar-refractivity contribution in [2.75, 3.05) is 0 Å². The van der Waals surface area contributed by atoms with Crippen LogP contribution in [0.4, 0.5) is 5.69 Å². The maximum atomic E-state index is 8.66. The van der Waals surface area contributed by atoms with Gasteiger partial charge in [-0.05, 0) is 23.7 Å². The van der Waals surface area contributed by atoms with E-state index in [9.17, 15) is 0 Å². The average molecular weight is 221 g/mol. The summed E-state index contributed by atoms with van der Waals surface area (Å²) in [5, 5.41) is 5.37. The minimum Gasteiger partial charge on any atom is -0.237 e. The average Bonchev–Trinajstić information content (AvgIpc) is 2.39. The van der Waals surface area contributed by atoms with E-state index in [0.29, 0.717) is 11.3 Å². The Hall–Kier alpha value is -2.65. The van der Waals surface area contributed by atoms with Crippen LogP contribution in [-0.2, 0) is 0 Å². The molecule has 3 aromatic rings. The molecule has 1 aromatic carbocycles. The van der Waals surface area contributed by atoms with Crippen molar-refractivity contribution in [3.05, 3.63) is 53.0 Å². The number of para-hydroxylation sites is 1. The van der Waals surface area contributed by atoms with Gasteiger partial charge in [0.1, 0.15) is 0 Å². The molecule has 0 aliphatic heterocycles. The third-order valence-corrected chi connectivity index (χ3v) is 2.57. The number of pyridine rings is 2. The maximum absolute atomic E-state index is 8.66. The zero-order chi connectivity index (χ0) is 11.7. The van der Waals surface area contributed by atoms with Crippen LogP contribution in [0.3, 0.4) is 0 Å². The minimum absolute atomic E-state index is 0.584. The van der Waals surface area contributed by atoms with E-state index in [1.54, 1.807) is 12.3 Å². The Morgan fingerprint density at radius 3 is 2.76 bits per heavy atom. The van der Waals surface area contributed by atoms with Crippen LogP contribution in [0.15, 0.2) is 47.7 Å². The highest BCUT2D eigenvalue weighted by Gasteiger charge is 2.07. The molecule has 80 valence electrons. The first-order valence-electron chi connectivity index (χ1n) is 5.09. The summed E-state index contributed by atoms with van der Waals surface area (Å²) < 4.78 is 0. The van der Waals surface area contributed by atoms with Crippen molar-refractivity contribution in [1.82, 2.24) is 9.97 Å². The van der Waals surface area contributed by atoms with Crippen LogP contribution in [0.5, 0.6) is 0 Å². The van der Waals surface area contributed by atoms with Gasteiger partial charge in [-0.25, -0.2) is 9.97 Å². The topological polar surface area (TPSA) is 74.5 Å².